The summed E-state index contributed by atoms with van der Waals surface area (Å²) in [5, 5.41) is 2.89. The van der Waals surface area contributed by atoms with Crippen LogP contribution in [0.3, 0.4) is 0 Å². The molecule has 3 rings (SSSR count). The van der Waals surface area contributed by atoms with Gasteiger partial charge in [-0.3, -0.25) is 9.36 Å². The lowest BCUT2D eigenvalue weighted by atomic mass is 10.2. The van der Waals surface area contributed by atoms with Gasteiger partial charge in [0.25, 0.3) is 0 Å². The van der Waals surface area contributed by atoms with Gasteiger partial charge in [-0.05, 0) is 25.5 Å². The van der Waals surface area contributed by atoms with E-state index in [1.807, 2.05) is 13.8 Å². The minimum atomic E-state index is -0.539. The smallest absolute Gasteiger partial charge is 0.408 e. The van der Waals surface area contributed by atoms with Gasteiger partial charge in [-0.1, -0.05) is 19.1 Å². The number of hydrogen-bond donors (Lipinski definition) is 2. The molecule has 2 N–H and O–H groups in total. The number of para-hydroxylation sites is 2. The van der Waals surface area contributed by atoms with Crippen molar-refractivity contribution in [3.8, 4) is 0 Å². The Morgan fingerprint density at radius 2 is 2.22 bits per heavy atom. The average molecular weight is 314 g/mol. The van der Waals surface area contributed by atoms with E-state index in [2.05, 4.69) is 15.3 Å². The summed E-state index contributed by atoms with van der Waals surface area (Å²) in [6.07, 6.45) is 2.41. The van der Waals surface area contributed by atoms with Crippen LogP contribution in [0.4, 0.5) is 0 Å². The first kappa shape index (κ1) is 15.1. The Bertz CT molecular complexity index is 890. The normalized spacial score (nSPS) is 12.4. The number of amides is 1. The topological polar surface area (TPSA) is 92.9 Å². The Morgan fingerprint density at radius 3 is 2.91 bits per heavy atom. The molecule has 3 aromatic rings. The minimum absolute atomic E-state index is 0.0912. The van der Waals surface area contributed by atoms with Gasteiger partial charge in [-0.15, -0.1) is 0 Å². The van der Waals surface area contributed by atoms with E-state index in [4.69, 9.17) is 4.42 Å². The number of carbonyl (C=O) groups excluding carboxylic acids is 1. The van der Waals surface area contributed by atoms with E-state index >= 15 is 0 Å². The molecule has 7 nitrogen and oxygen atoms in total. The second-order valence-electron chi connectivity index (χ2n) is 5.40. The number of imidazole rings is 1. The van der Waals surface area contributed by atoms with Crippen LogP contribution in [-0.4, -0.2) is 20.4 Å². The molecular weight excluding hydrogens is 296 g/mol. The summed E-state index contributed by atoms with van der Waals surface area (Å²) in [5.74, 6) is -0.0921. The van der Waals surface area contributed by atoms with Gasteiger partial charge >= 0.3 is 5.76 Å². The first-order valence-electron chi connectivity index (χ1n) is 7.47. The number of hydrogen-bond acceptors (Lipinski definition) is 4. The van der Waals surface area contributed by atoms with Gasteiger partial charge in [0.1, 0.15) is 12.4 Å². The molecule has 1 unspecified atom stereocenters. The maximum atomic E-state index is 12.3. The molecule has 7 heteroatoms. The summed E-state index contributed by atoms with van der Waals surface area (Å²) in [7, 11) is 0. The van der Waals surface area contributed by atoms with Crippen molar-refractivity contribution >= 4 is 17.0 Å². The number of carbonyl (C=O) groups is 1. The van der Waals surface area contributed by atoms with Gasteiger partial charge in [0.05, 0.1) is 11.6 Å². The van der Waals surface area contributed by atoms with Gasteiger partial charge in [0.15, 0.2) is 5.58 Å². The number of fused-ring (bicyclic) bond motifs is 1. The van der Waals surface area contributed by atoms with Crippen LogP contribution in [0.2, 0.25) is 0 Å². The molecular formula is C16H18N4O3. The fourth-order valence-electron chi connectivity index (χ4n) is 2.52. The van der Waals surface area contributed by atoms with E-state index in [0.717, 1.165) is 5.69 Å². The van der Waals surface area contributed by atoms with E-state index in [1.165, 1.54) is 4.57 Å². The Kier molecular flexibility index (Phi) is 4.01. The van der Waals surface area contributed by atoms with E-state index in [0.29, 0.717) is 23.3 Å². The molecule has 1 aromatic carbocycles. The zero-order valence-electron chi connectivity index (χ0n) is 13.0. The lowest BCUT2D eigenvalue weighted by molar-refractivity contribution is -0.122. The summed E-state index contributed by atoms with van der Waals surface area (Å²) < 4.78 is 6.45. The first-order valence-corrected chi connectivity index (χ1v) is 7.47. The number of benzene rings is 1. The van der Waals surface area contributed by atoms with Crippen molar-refractivity contribution in [2.45, 2.75) is 32.9 Å². The molecule has 23 heavy (non-hydrogen) atoms. The number of rotatable bonds is 5. The molecule has 1 atom stereocenters. The van der Waals surface area contributed by atoms with Crippen molar-refractivity contribution in [3.05, 3.63) is 52.5 Å². The highest BCUT2D eigenvalue weighted by Gasteiger charge is 2.18. The molecule has 0 aliphatic carbocycles. The van der Waals surface area contributed by atoms with Crippen LogP contribution >= 0.6 is 0 Å². The molecule has 2 aromatic heterocycles. The summed E-state index contributed by atoms with van der Waals surface area (Å²) in [6, 6.07) is 6.81. The lowest BCUT2D eigenvalue weighted by Crippen LogP contribution is -2.34. The predicted molar refractivity (Wildman–Crippen MR) is 85.0 cm³/mol. The molecule has 0 radical (unpaired) electrons. The van der Waals surface area contributed by atoms with Gasteiger partial charge in [0, 0.05) is 11.9 Å². The molecule has 0 saturated heterocycles. The fraction of sp³-hybridized carbons (Fsp3) is 0.312. The SMILES string of the molecule is CCC(NC(=O)Cn1c(=O)oc2ccccc21)c1ncc(C)[nH]1. The molecule has 1 amide bonds. The van der Waals surface area contributed by atoms with Crippen LogP contribution in [0.25, 0.3) is 11.1 Å². The van der Waals surface area contributed by atoms with Crippen molar-refractivity contribution in [1.29, 1.82) is 0 Å². The molecule has 0 aliphatic heterocycles. The van der Waals surface area contributed by atoms with Crippen molar-refractivity contribution < 1.29 is 9.21 Å². The van der Waals surface area contributed by atoms with E-state index in [9.17, 15) is 9.59 Å². The van der Waals surface area contributed by atoms with Gasteiger partial charge in [-0.2, -0.15) is 0 Å². The van der Waals surface area contributed by atoms with Crippen molar-refractivity contribution in [1.82, 2.24) is 19.9 Å². The Morgan fingerprint density at radius 1 is 1.43 bits per heavy atom. The highest BCUT2D eigenvalue weighted by atomic mass is 16.4. The van der Waals surface area contributed by atoms with Gasteiger partial charge < -0.3 is 14.7 Å². The van der Waals surface area contributed by atoms with Crippen LogP contribution in [0.15, 0.2) is 39.7 Å². The third-order valence-electron chi connectivity index (χ3n) is 3.67. The third-order valence-corrected chi connectivity index (χ3v) is 3.67. The van der Waals surface area contributed by atoms with Crippen LogP contribution in [0.5, 0.6) is 0 Å². The predicted octanol–water partition coefficient (Wildman–Crippen LogP) is 1.89. The van der Waals surface area contributed by atoms with E-state index < -0.39 is 5.76 Å². The molecule has 120 valence electrons. The molecule has 2 heterocycles. The van der Waals surface area contributed by atoms with E-state index in [1.54, 1.807) is 30.5 Å². The summed E-state index contributed by atoms with van der Waals surface area (Å²) >= 11 is 0. The summed E-state index contributed by atoms with van der Waals surface area (Å²) in [6.45, 7) is 3.77. The standard InChI is InChI=1S/C16H18N4O3/c1-3-11(15-17-8-10(2)18-15)19-14(21)9-20-12-6-4-5-7-13(12)23-16(20)22/h4-8,11H,3,9H2,1-2H3,(H,17,18)(H,19,21). The number of oxazole rings is 1. The number of aryl methyl sites for hydroxylation is 1. The lowest BCUT2D eigenvalue weighted by Gasteiger charge is -2.14. The zero-order valence-corrected chi connectivity index (χ0v) is 13.0. The largest absolute Gasteiger partial charge is 0.420 e. The van der Waals surface area contributed by atoms with E-state index in [-0.39, 0.29) is 18.5 Å². The maximum absolute atomic E-state index is 12.3. The number of H-pyrrole nitrogens is 1. The maximum Gasteiger partial charge on any atom is 0.420 e. The quantitative estimate of drug-likeness (QED) is 0.752. The van der Waals surface area contributed by atoms with Gasteiger partial charge in [0.2, 0.25) is 5.91 Å². The highest BCUT2D eigenvalue weighted by Crippen LogP contribution is 2.14. The number of nitrogens with one attached hydrogen (secondary N) is 2. The summed E-state index contributed by atoms with van der Waals surface area (Å²) in [5.41, 5.74) is 2.01. The monoisotopic (exact) mass is 314 g/mol. The molecule has 0 aliphatic rings. The fourth-order valence-corrected chi connectivity index (χ4v) is 2.52. The minimum Gasteiger partial charge on any atom is -0.408 e. The summed E-state index contributed by atoms with van der Waals surface area (Å²) in [4.78, 5) is 31.6. The number of nitrogens with zero attached hydrogens (tertiary/aromatic N) is 2. The molecule has 0 saturated carbocycles. The van der Waals surface area contributed by atoms with Crippen LogP contribution in [0.1, 0.15) is 30.9 Å². The van der Waals surface area contributed by atoms with Crippen LogP contribution in [-0.2, 0) is 11.3 Å². The Balaban J connectivity index is 1.78. The Labute approximate surface area is 132 Å². The highest BCUT2D eigenvalue weighted by molar-refractivity contribution is 5.79. The van der Waals surface area contributed by atoms with Gasteiger partial charge in [-0.25, -0.2) is 9.78 Å². The second-order valence-corrected chi connectivity index (χ2v) is 5.40. The van der Waals surface area contributed by atoms with Crippen LogP contribution in [0, 0.1) is 6.92 Å². The van der Waals surface area contributed by atoms with Crippen LogP contribution < -0.4 is 11.1 Å². The zero-order chi connectivity index (χ0) is 16.4. The Hall–Kier alpha value is -2.83. The number of aromatic nitrogens is 3. The average Bonchev–Trinajstić information content (AvgIpc) is 3.09. The molecule has 0 fully saturated rings. The molecule has 0 spiro atoms. The third kappa shape index (κ3) is 3.03. The second kappa shape index (κ2) is 6.12. The number of aromatic amines is 1. The van der Waals surface area contributed by atoms with Crippen molar-refractivity contribution in [2.75, 3.05) is 0 Å². The molecule has 0 bridgehead atoms. The van der Waals surface area contributed by atoms with Crippen molar-refractivity contribution in [3.63, 3.8) is 0 Å². The first-order chi connectivity index (χ1) is 11.1. The van der Waals surface area contributed by atoms with Crippen molar-refractivity contribution in [2.24, 2.45) is 0 Å².